The number of carbonyl (C=O) groups is 2. The summed E-state index contributed by atoms with van der Waals surface area (Å²) in [4.78, 5) is 27.2. The van der Waals surface area contributed by atoms with Gasteiger partial charge in [-0.25, -0.2) is 5.43 Å². The van der Waals surface area contributed by atoms with E-state index in [4.69, 9.17) is 0 Å². The molecule has 4 rings (SSSR count). The molecule has 6 heteroatoms. The Morgan fingerprint density at radius 2 is 1.77 bits per heavy atom. The van der Waals surface area contributed by atoms with Crippen molar-refractivity contribution in [1.29, 1.82) is 0 Å². The molecule has 1 atom stereocenters. The normalized spacial score (nSPS) is 21.1. The fourth-order valence-corrected chi connectivity index (χ4v) is 3.81. The van der Waals surface area contributed by atoms with E-state index >= 15 is 0 Å². The second kappa shape index (κ2) is 7.43. The zero-order valence-corrected chi connectivity index (χ0v) is 14.7. The molecular formula is C20H24N4O2. The SMILES string of the molecule is O=C(NC1CCNN1)C1CCN(C(=O)c2cccc3ccccc23)CC1. The molecule has 2 fully saturated rings. The standard InChI is InChI=1S/C20H24N4O2/c25-19(22-18-8-11-21-23-18)15-9-12-24(13-10-15)20(26)17-7-3-5-14-4-1-2-6-16(14)17/h1-7,15,18,21,23H,8-13H2,(H,22,25). The molecule has 2 amide bonds. The van der Waals surface area contributed by atoms with Gasteiger partial charge in [-0.2, -0.15) is 0 Å². The van der Waals surface area contributed by atoms with Gasteiger partial charge in [0.25, 0.3) is 5.91 Å². The number of benzene rings is 2. The molecule has 136 valence electrons. The Bertz CT molecular complexity index is 803. The quantitative estimate of drug-likeness (QED) is 0.785. The highest BCUT2D eigenvalue weighted by atomic mass is 16.2. The molecule has 3 N–H and O–H groups in total. The molecule has 0 saturated carbocycles. The first-order valence-electron chi connectivity index (χ1n) is 9.28. The number of carbonyl (C=O) groups excluding carboxylic acids is 2. The molecule has 2 aliphatic heterocycles. The Labute approximate surface area is 152 Å². The van der Waals surface area contributed by atoms with Crippen LogP contribution < -0.4 is 16.2 Å². The van der Waals surface area contributed by atoms with Gasteiger partial charge in [-0.05, 0) is 36.1 Å². The molecule has 2 heterocycles. The van der Waals surface area contributed by atoms with E-state index in [1.807, 2.05) is 47.4 Å². The molecule has 0 aliphatic carbocycles. The first kappa shape index (κ1) is 17.0. The van der Waals surface area contributed by atoms with Crippen LogP contribution in [0.3, 0.4) is 0 Å². The summed E-state index contributed by atoms with van der Waals surface area (Å²) in [7, 11) is 0. The highest BCUT2D eigenvalue weighted by Crippen LogP contribution is 2.23. The first-order valence-corrected chi connectivity index (χ1v) is 9.28. The zero-order chi connectivity index (χ0) is 17.9. The lowest BCUT2D eigenvalue weighted by atomic mass is 9.94. The third-order valence-corrected chi connectivity index (χ3v) is 5.32. The fraction of sp³-hybridized carbons (Fsp3) is 0.400. The predicted molar refractivity (Wildman–Crippen MR) is 100 cm³/mol. The van der Waals surface area contributed by atoms with Crippen molar-refractivity contribution in [2.45, 2.75) is 25.4 Å². The summed E-state index contributed by atoms with van der Waals surface area (Å²) in [5, 5.41) is 5.09. The van der Waals surface area contributed by atoms with E-state index in [1.165, 1.54) is 0 Å². The van der Waals surface area contributed by atoms with Crippen LogP contribution in [0.25, 0.3) is 10.8 Å². The van der Waals surface area contributed by atoms with Gasteiger partial charge in [-0.15, -0.1) is 0 Å². The van der Waals surface area contributed by atoms with Gasteiger partial charge >= 0.3 is 0 Å². The van der Waals surface area contributed by atoms with E-state index in [2.05, 4.69) is 16.2 Å². The largest absolute Gasteiger partial charge is 0.339 e. The summed E-state index contributed by atoms with van der Waals surface area (Å²) in [5.41, 5.74) is 6.81. The molecular weight excluding hydrogens is 328 g/mol. The molecule has 1 unspecified atom stereocenters. The van der Waals surface area contributed by atoms with Crippen LogP contribution in [0, 0.1) is 5.92 Å². The van der Waals surface area contributed by atoms with Gasteiger partial charge in [0.15, 0.2) is 0 Å². The van der Waals surface area contributed by atoms with Crippen LogP contribution in [0.5, 0.6) is 0 Å². The third-order valence-electron chi connectivity index (χ3n) is 5.32. The van der Waals surface area contributed by atoms with Crippen molar-refractivity contribution in [3.63, 3.8) is 0 Å². The maximum atomic E-state index is 13.0. The Morgan fingerprint density at radius 1 is 1.00 bits per heavy atom. The molecule has 2 aliphatic rings. The Morgan fingerprint density at radius 3 is 2.54 bits per heavy atom. The summed E-state index contributed by atoms with van der Waals surface area (Å²) in [6.45, 7) is 2.11. The lowest BCUT2D eigenvalue weighted by molar-refractivity contribution is -0.127. The maximum absolute atomic E-state index is 13.0. The Kier molecular flexibility index (Phi) is 4.86. The van der Waals surface area contributed by atoms with Crippen LogP contribution in [0.4, 0.5) is 0 Å². The molecule has 2 saturated heterocycles. The van der Waals surface area contributed by atoms with Gasteiger partial charge in [0, 0.05) is 31.1 Å². The lowest BCUT2D eigenvalue weighted by Crippen LogP contribution is -2.49. The number of likely N-dealkylation sites (tertiary alicyclic amines) is 1. The Hall–Kier alpha value is -2.44. The summed E-state index contributed by atoms with van der Waals surface area (Å²) in [6, 6.07) is 13.8. The van der Waals surface area contributed by atoms with Crippen molar-refractivity contribution in [3.8, 4) is 0 Å². The summed E-state index contributed by atoms with van der Waals surface area (Å²) < 4.78 is 0. The van der Waals surface area contributed by atoms with E-state index in [-0.39, 0.29) is 23.9 Å². The number of hydrogen-bond acceptors (Lipinski definition) is 4. The summed E-state index contributed by atoms with van der Waals surface area (Å²) >= 11 is 0. The lowest BCUT2D eigenvalue weighted by Gasteiger charge is -2.32. The smallest absolute Gasteiger partial charge is 0.254 e. The number of amides is 2. The number of hydrogen-bond donors (Lipinski definition) is 3. The van der Waals surface area contributed by atoms with Gasteiger partial charge in [0.05, 0.1) is 6.17 Å². The van der Waals surface area contributed by atoms with Gasteiger partial charge in [-0.3, -0.25) is 15.0 Å². The second-order valence-electron chi connectivity index (χ2n) is 7.01. The van der Waals surface area contributed by atoms with Crippen LogP contribution in [-0.4, -0.2) is 42.5 Å². The average Bonchev–Trinajstić information content (AvgIpc) is 3.20. The van der Waals surface area contributed by atoms with Crippen molar-refractivity contribution in [2.75, 3.05) is 19.6 Å². The summed E-state index contributed by atoms with van der Waals surface area (Å²) in [6.07, 6.45) is 2.33. The van der Waals surface area contributed by atoms with Gasteiger partial charge in [0.1, 0.15) is 0 Å². The maximum Gasteiger partial charge on any atom is 0.254 e. The van der Waals surface area contributed by atoms with Crippen LogP contribution in [0.1, 0.15) is 29.6 Å². The van der Waals surface area contributed by atoms with E-state index in [1.54, 1.807) is 0 Å². The molecule has 2 aromatic carbocycles. The molecule has 2 aromatic rings. The predicted octanol–water partition coefficient (Wildman–Crippen LogP) is 1.63. The van der Waals surface area contributed by atoms with Crippen molar-refractivity contribution in [2.24, 2.45) is 5.92 Å². The topological polar surface area (TPSA) is 73.5 Å². The zero-order valence-electron chi connectivity index (χ0n) is 14.7. The molecule has 0 spiro atoms. The fourth-order valence-electron chi connectivity index (χ4n) is 3.81. The van der Waals surface area contributed by atoms with E-state index in [0.29, 0.717) is 25.9 Å². The highest BCUT2D eigenvalue weighted by Gasteiger charge is 2.29. The number of rotatable bonds is 3. The summed E-state index contributed by atoms with van der Waals surface area (Å²) in [5.74, 6) is 0.125. The van der Waals surface area contributed by atoms with E-state index in [0.717, 1.165) is 29.3 Å². The molecule has 0 radical (unpaired) electrons. The first-order chi connectivity index (χ1) is 12.7. The van der Waals surface area contributed by atoms with Crippen molar-refractivity contribution in [1.82, 2.24) is 21.1 Å². The number of piperidine rings is 1. The number of hydrazine groups is 1. The minimum absolute atomic E-state index is 0.0119. The second-order valence-corrected chi connectivity index (χ2v) is 7.01. The van der Waals surface area contributed by atoms with Crippen LogP contribution in [0.2, 0.25) is 0 Å². The number of nitrogens with zero attached hydrogens (tertiary/aromatic N) is 1. The van der Waals surface area contributed by atoms with Crippen LogP contribution in [-0.2, 0) is 4.79 Å². The molecule has 0 bridgehead atoms. The van der Waals surface area contributed by atoms with Crippen molar-refractivity contribution < 1.29 is 9.59 Å². The third kappa shape index (κ3) is 3.43. The van der Waals surface area contributed by atoms with E-state index in [9.17, 15) is 9.59 Å². The minimum atomic E-state index is -0.0195. The number of fused-ring (bicyclic) bond motifs is 1. The van der Waals surface area contributed by atoms with E-state index < -0.39 is 0 Å². The number of nitrogens with one attached hydrogen (secondary N) is 3. The van der Waals surface area contributed by atoms with Crippen molar-refractivity contribution in [3.05, 3.63) is 48.0 Å². The average molecular weight is 352 g/mol. The van der Waals surface area contributed by atoms with Crippen LogP contribution in [0.15, 0.2) is 42.5 Å². The monoisotopic (exact) mass is 352 g/mol. The molecule has 6 nitrogen and oxygen atoms in total. The van der Waals surface area contributed by atoms with Gasteiger partial charge in [-0.1, -0.05) is 36.4 Å². The highest BCUT2D eigenvalue weighted by molar-refractivity contribution is 6.07. The Balaban J connectivity index is 1.39. The molecule has 0 aromatic heterocycles. The molecule has 26 heavy (non-hydrogen) atoms. The minimum Gasteiger partial charge on any atom is -0.339 e. The van der Waals surface area contributed by atoms with Gasteiger partial charge in [0.2, 0.25) is 5.91 Å². The van der Waals surface area contributed by atoms with Crippen molar-refractivity contribution >= 4 is 22.6 Å². The van der Waals surface area contributed by atoms with Gasteiger partial charge < -0.3 is 10.2 Å². The van der Waals surface area contributed by atoms with Crippen LogP contribution >= 0.6 is 0 Å².